The summed E-state index contributed by atoms with van der Waals surface area (Å²) in [6, 6.07) is 15.8. The lowest BCUT2D eigenvalue weighted by atomic mass is 9.98. The normalized spacial score (nSPS) is 11.7. The fourth-order valence-electron chi connectivity index (χ4n) is 4.05. The number of nitrogens with zero attached hydrogens (tertiary/aromatic N) is 1. The Balaban J connectivity index is 1.93. The molecule has 7 heteroatoms. The van der Waals surface area contributed by atoms with Crippen LogP contribution in [0.3, 0.4) is 0 Å². The molecule has 0 aliphatic heterocycles. The lowest BCUT2D eigenvalue weighted by Gasteiger charge is -2.20. The molecule has 0 amide bonds. The number of para-hydroxylation sites is 1. The van der Waals surface area contributed by atoms with Crippen LogP contribution in [0.2, 0.25) is 0 Å². The number of carboxylic acids is 1. The van der Waals surface area contributed by atoms with Gasteiger partial charge < -0.3 is 14.8 Å². The number of aromatic carboxylic acids is 1. The number of rotatable bonds is 5. The molecule has 2 N–H and O–H groups in total. The van der Waals surface area contributed by atoms with Crippen LogP contribution < -0.4 is 10.7 Å². The Morgan fingerprint density at radius 3 is 2.59 bits per heavy atom. The summed E-state index contributed by atoms with van der Waals surface area (Å²) >= 11 is 0. The lowest BCUT2D eigenvalue weighted by molar-refractivity contribution is 0.0698. The standard InChI is InChI=1S/C27H21FN2O4/c1-14-11-20(16(3)30-22-10-5-4-8-18(22)27(32)33)26-21(12-14)24(31)15(2)25(34-26)19-9-6-7-17(13-29)23(19)28/h4-12,16,30H,1-3H3,(H,32,33)/t16-/m1/s1. The molecular formula is C27H21FN2O4. The van der Waals surface area contributed by atoms with Gasteiger partial charge in [-0.25, -0.2) is 9.18 Å². The number of anilines is 1. The van der Waals surface area contributed by atoms with Crippen LogP contribution >= 0.6 is 0 Å². The van der Waals surface area contributed by atoms with Crippen LogP contribution in [-0.4, -0.2) is 11.1 Å². The topological polar surface area (TPSA) is 103 Å². The zero-order valence-corrected chi connectivity index (χ0v) is 18.8. The summed E-state index contributed by atoms with van der Waals surface area (Å²) in [5.74, 6) is -1.78. The van der Waals surface area contributed by atoms with E-state index >= 15 is 0 Å². The number of aryl methyl sites for hydroxylation is 1. The largest absolute Gasteiger partial charge is 0.478 e. The number of carboxylic acid groups (broad SMARTS) is 1. The van der Waals surface area contributed by atoms with E-state index in [2.05, 4.69) is 5.32 Å². The molecule has 1 aromatic heterocycles. The predicted octanol–water partition coefficient (Wildman–Crippen LogP) is 5.96. The number of fused-ring (bicyclic) bond motifs is 1. The molecule has 4 aromatic rings. The molecule has 0 saturated heterocycles. The Labute approximate surface area is 194 Å². The number of halogens is 1. The quantitative estimate of drug-likeness (QED) is 0.384. The van der Waals surface area contributed by atoms with E-state index in [-0.39, 0.29) is 39.0 Å². The van der Waals surface area contributed by atoms with E-state index in [1.165, 1.54) is 24.3 Å². The maximum Gasteiger partial charge on any atom is 0.337 e. The van der Waals surface area contributed by atoms with Crippen molar-refractivity contribution < 1.29 is 18.7 Å². The van der Waals surface area contributed by atoms with Gasteiger partial charge in [0.1, 0.15) is 17.4 Å². The van der Waals surface area contributed by atoms with Gasteiger partial charge in [0.05, 0.1) is 28.1 Å². The van der Waals surface area contributed by atoms with Crippen LogP contribution in [0, 0.1) is 31.0 Å². The van der Waals surface area contributed by atoms with Crippen molar-refractivity contribution in [3.63, 3.8) is 0 Å². The van der Waals surface area contributed by atoms with E-state index in [4.69, 9.17) is 4.42 Å². The highest BCUT2D eigenvalue weighted by molar-refractivity contribution is 5.94. The first-order valence-corrected chi connectivity index (χ1v) is 10.6. The minimum atomic E-state index is -1.07. The number of benzene rings is 3. The van der Waals surface area contributed by atoms with Gasteiger partial charge in [-0.2, -0.15) is 5.26 Å². The molecule has 34 heavy (non-hydrogen) atoms. The molecule has 0 fully saturated rings. The third-order valence-corrected chi connectivity index (χ3v) is 5.75. The zero-order valence-electron chi connectivity index (χ0n) is 18.8. The van der Waals surface area contributed by atoms with Gasteiger partial charge in [-0.15, -0.1) is 0 Å². The molecule has 4 rings (SSSR count). The molecule has 0 radical (unpaired) electrons. The van der Waals surface area contributed by atoms with E-state index in [1.54, 1.807) is 37.3 Å². The second-order valence-corrected chi connectivity index (χ2v) is 8.11. The highest BCUT2D eigenvalue weighted by atomic mass is 19.1. The van der Waals surface area contributed by atoms with Gasteiger partial charge in [-0.1, -0.05) is 24.3 Å². The molecule has 0 bridgehead atoms. The van der Waals surface area contributed by atoms with Crippen molar-refractivity contribution in [2.24, 2.45) is 0 Å². The van der Waals surface area contributed by atoms with Crippen LogP contribution in [0.5, 0.6) is 0 Å². The molecule has 1 heterocycles. The second kappa shape index (κ2) is 8.83. The third-order valence-electron chi connectivity index (χ3n) is 5.75. The molecule has 0 unspecified atom stereocenters. The highest BCUT2D eigenvalue weighted by Crippen LogP contribution is 2.34. The molecule has 0 spiro atoms. The van der Waals surface area contributed by atoms with Crippen molar-refractivity contribution in [2.75, 3.05) is 5.32 Å². The second-order valence-electron chi connectivity index (χ2n) is 8.11. The van der Waals surface area contributed by atoms with Gasteiger partial charge >= 0.3 is 5.97 Å². The van der Waals surface area contributed by atoms with Gasteiger partial charge in [-0.05, 0) is 56.7 Å². The van der Waals surface area contributed by atoms with Crippen LogP contribution in [0.25, 0.3) is 22.3 Å². The van der Waals surface area contributed by atoms with Crippen molar-refractivity contribution in [1.82, 2.24) is 0 Å². The number of hydrogen-bond donors (Lipinski definition) is 2. The van der Waals surface area contributed by atoms with Gasteiger partial charge in [0.2, 0.25) is 0 Å². The maximum atomic E-state index is 14.9. The van der Waals surface area contributed by atoms with Crippen molar-refractivity contribution in [3.8, 4) is 17.4 Å². The van der Waals surface area contributed by atoms with Crippen LogP contribution in [-0.2, 0) is 0 Å². The summed E-state index contributed by atoms with van der Waals surface area (Å²) < 4.78 is 21.1. The van der Waals surface area contributed by atoms with E-state index in [0.717, 1.165) is 5.56 Å². The first-order chi connectivity index (χ1) is 16.2. The fraction of sp³-hybridized carbons (Fsp3) is 0.148. The first kappa shape index (κ1) is 22.7. The molecule has 0 saturated carbocycles. The molecule has 1 atom stereocenters. The Morgan fingerprint density at radius 1 is 1.15 bits per heavy atom. The summed E-state index contributed by atoms with van der Waals surface area (Å²) in [5.41, 5.74) is 2.04. The Bertz CT molecular complexity index is 1550. The van der Waals surface area contributed by atoms with Crippen molar-refractivity contribution in [1.29, 1.82) is 5.26 Å². The Hall–Kier alpha value is -4.44. The monoisotopic (exact) mass is 456 g/mol. The molecule has 6 nitrogen and oxygen atoms in total. The fourth-order valence-corrected chi connectivity index (χ4v) is 4.05. The van der Waals surface area contributed by atoms with E-state index in [0.29, 0.717) is 16.6 Å². The SMILES string of the molecule is Cc1cc([C@@H](C)Nc2ccccc2C(=O)O)c2oc(-c3cccc(C#N)c3F)c(C)c(=O)c2c1. The minimum Gasteiger partial charge on any atom is -0.478 e. The summed E-state index contributed by atoms with van der Waals surface area (Å²) in [7, 11) is 0. The zero-order chi connectivity index (χ0) is 24.6. The molecule has 0 aliphatic rings. The van der Waals surface area contributed by atoms with Crippen molar-refractivity contribution >= 4 is 22.6 Å². The average Bonchev–Trinajstić information content (AvgIpc) is 2.82. The number of carbonyl (C=O) groups is 1. The molecule has 170 valence electrons. The summed E-state index contributed by atoms with van der Waals surface area (Å²) in [6.07, 6.45) is 0. The predicted molar refractivity (Wildman–Crippen MR) is 128 cm³/mol. The Morgan fingerprint density at radius 2 is 1.88 bits per heavy atom. The van der Waals surface area contributed by atoms with Crippen molar-refractivity contribution in [2.45, 2.75) is 26.8 Å². The van der Waals surface area contributed by atoms with Gasteiger partial charge in [0.25, 0.3) is 0 Å². The lowest BCUT2D eigenvalue weighted by Crippen LogP contribution is -2.14. The number of nitriles is 1. The average molecular weight is 456 g/mol. The van der Waals surface area contributed by atoms with Gasteiger partial charge in [-0.3, -0.25) is 4.79 Å². The van der Waals surface area contributed by atoms with Crippen molar-refractivity contribution in [3.05, 3.63) is 98.5 Å². The number of nitrogens with one attached hydrogen (secondary N) is 1. The summed E-state index contributed by atoms with van der Waals surface area (Å²) in [5, 5.41) is 22.2. The maximum absolute atomic E-state index is 14.9. The summed E-state index contributed by atoms with van der Waals surface area (Å²) in [4.78, 5) is 24.9. The third kappa shape index (κ3) is 3.90. The van der Waals surface area contributed by atoms with E-state index in [1.807, 2.05) is 19.9 Å². The van der Waals surface area contributed by atoms with Gasteiger partial charge in [0.15, 0.2) is 11.2 Å². The Kier molecular flexibility index (Phi) is 5.91. The molecule has 3 aromatic carbocycles. The highest BCUT2D eigenvalue weighted by Gasteiger charge is 2.22. The summed E-state index contributed by atoms with van der Waals surface area (Å²) in [6.45, 7) is 5.23. The van der Waals surface area contributed by atoms with Gasteiger partial charge in [0, 0.05) is 16.8 Å². The smallest absolute Gasteiger partial charge is 0.337 e. The molecular weight excluding hydrogens is 435 g/mol. The van der Waals surface area contributed by atoms with E-state index < -0.39 is 17.8 Å². The van der Waals surface area contributed by atoms with Crippen LogP contribution in [0.4, 0.5) is 10.1 Å². The van der Waals surface area contributed by atoms with E-state index in [9.17, 15) is 24.3 Å². The minimum absolute atomic E-state index is 0.0268. The molecule has 0 aliphatic carbocycles. The first-order valence-electron chi connectivity index (χ1n) is 10.6. The van der Waals surface area contributed by atoms with Crippen LogP contribution in [0.15, 0.2) is 63.8 Å². The van der Waals surface area contributed by atoms with Crippen LogP contribution in [0.1, 0.15) is 45.6 Å². The number of hydrogen-bond acceptors (Lipinski definition) is 5.